The predicted octanol–water partition coefficient (Wildman–Crippen LogP) is 4.23. The zero-order valence-corrected chi connectivity index (χ0v) is 19.0. The average molecular weight is 452 g/mol. The first kappa shape index (κ1) is 21.9. The molecule has 1 fully saturated rings. The largest absolute Gasteiger partial charge is 0.497 e. The Balaban J connectivity index is 1.55. The highest BCUT2D eigenvalue weighted by Crippen LogP contribution is 2.41. The van der Waals surface area contributed by atoms with Gasteiger partial charge >= 0.3 is 0 Å². The van der Waals surface area contributed by atoms with Crippen LogP contribution in [0, 0.1) is 0 Å². The highest BCUT2D eigenvalue weighted by Gasteiger charge is 2.32. The molecule has 1 aliphatic carbocycles. The number of ether oxygens (including phenoxy) is 1. The summed E-state index contributed by atoms with van der Waals surface area (Å²) in [6, 6.07) is 14.8. The molecule has 166 valence electrons. The van der Waals surface area contributed by atoms with Crippen LogP contribution in [0.2, 0.25) is 0 Å². The summed E-state index contributed by atoms with van der Waals surface area (Å²) < 4.78 is 7.14. The van der Waals surface area contributed by atoms with Crippen molar-refractivity contribution in [2.75, 3.05) is 17.7 Å². The number of hydrogen-bond acceptors (Lipinski definition) is 6. The highest BCUT2D eigenvalue weighted by molar-refractivity contribution is 8.00. The van der Waals surface area contributed by atoms with E-state index in [1.165, 1.54) is 18.7 Å². The van der Waals surface area contributed by atoms with Crippen LogP contribution in [0.5, 0.6) is 5.75 Å². The normalized spacial score (nSPS) is 14.0. The topological polar surface area (TPSA) is 98.1 Å². The fourth-order valence-electron chi connectivity index (χ4n) is 3.26. The number of rotatable bonds is 8. The van der Waals surface area contributed by atoms with Crippen LogP contribution in [-0.4, -0.2) is 38.9 Å². The van der Waals surface area contributed by atoms with Crippen molar-refractivity contribution < 1.29 is 14.3 Å². The number of anilines is 2. The molecule has 0 radical (unpaired) electrons. The van der Waals surface area contributed by atoms with Gasteiger partial charge in [0.25, 0.3) is 0 Å². The Morgan fingerprint density at radius 2 is 1.84 bits per heavy atom. The van der Waals surface area contributed by atoms with Gasteiger partial charge in [-0.1, -0.05) is 17.8 Å². The van der Waals surface area contributed by atoms with Crippen LogP contribution >= 0.6 is 11.8 Å². The molecule has 9 heteroatoms. The van der Waals surface area contributed by atoms with Gasteiger partial charge in [0.05, 0.1) is 18.0 Å². The lowest BCUT2D eigenvalue weighted by Crippen LogP contribution is -2.23. The summed E-state index contributed by atoms with van der Waals surface area (Å²) in [7, 11) is 1.60. The Kier molecular flexibility index (Phi) is 6.45. The van der Waals surface area contributed by atoms with E-state index in [9.17, 15) is 9.59 Å². The van der Waals surface area contributed by atoms with Gasteiger partial charge < -0.3 is 15.4 Å². The molecule has 1 unspecified atom stereocenters. The van der Waals surface area contributed by atoms with Crippen LogP contribution in [0.3, 0.4) is 0 Å². The number of methoxy groups -OCH3 is 1. The molecule has 1 saturated carbocycles. The number of carbonyl (C=O) groups excluding carboxylic acids is 2. The monoisotopic (exact) mass is 451 g/mol. The first-order valence-corrected chi connectivity index (χ1v) is 11.3. The van der Waals surface area contributed by atoms with Gasteiger partial charge in [0, 0.05) is 24.2 Å². The van der Waals surface area contributed by atoms with Crippen LogP contribution in [0.15, 0.2) is 53.7 Å². The van der Waals surface area contributed by atoms with Gasteiger partial charge in [-0.15, -0.1) is 10.2 Å². The Hall–Kier alpha value is -3.33. The molecular weight excluding hydrogens is 426 g/mol. The maximum atomic E-state index is 12.8. The SMILES string of the molecule is COc1ccc(NC(=O)C(C)Sc2nnc(C3CC3)n2-c2cccc(NC(C)=O)c2)cc1. The van der Waals surface area contributed by atoms with E-state index < -0.39 is 5.25 Å². The Morgan fingerprint density at radius 1 is 1.09 bits per heavy atom. The van der Waals surface area contributed by atoms with Gasteiger partial charge in [0.15, 0.2) is 5.16 Å². The number of carbonyl (C=O) groups is 2. The van der Waals surface area contributed by atoms with Crippen molar-refractivity contribution in [3.63, 3.8) is 0 Å². The zero-order valence-electron chi connectivity index (χ0n) is 18.2. The standard InChI is InChI=1S/C23H25N5O3S/c1-14(22(30)25-17-9-11-20(31-3)12-10-17)32-23-27-26-21(16-7-8-16)28(23)19-6-4-5-18(13-19)24-15(2)29/h4-6,9-14,16H,7-8H2,1-3H3,(H,24,29)(H,25,30). The molecule has 8 nitrogen and oxygen atoms in total. The molecule has 32 heavy (non-hydrogen) atoms. The second-order valence-electron chi connectivity index (χ2n) is 7.66. The average Bonchev–Trinajstić information content (AvgIpc) is 3.54. The number of thioether (sulfide) groups is 1. The lowest BCUT2D eigenvalue weighted by molar-refractivity contribution is -0.115. The van der Waals surface area contributed by atoms with Crippen molar-refractivity contribution in [2.45, 2.75) is 43.0 Å². The van der Waals surface area contributed by atoms with E-state index in [1.54, 1.807) is 31.4 Å². The fourth-order valence-corrected chi connectivity index (χ4v) is 4.14. The third-order valence-corrected chi connectivity index (χ3v) is 6.08. The van der Waals surface area contributed by atoms with Gasteiger partial charge in [-0.05, 0) is 62.2 Å². The first-order valence-electron chi connectivity index (χ1n) is 10.4. The molecule has 0 aliphatic heterocycles. The number of nitrogens with zero attached hydrogens (tertiary/aromatic N) is 3. The summed E-state index contributed by atoms with van der Waals surface area (Å²) in [5, 5.41) is 14.8. The minimum Gasteiger partial charge on any atom is -0.497 e. The van der Waals surface area contributed by atoms with Crippen molar-refractivity contribution >= 4 is 35.0 Å². The summed E-state index contributed by atoms with van der Waals surface area (Å²) in [5.74, 6) is 1.72. The summed E-state index contributed by atoms with van der Waals surface area (Å²) in [6.07, 6.45) is 2.14. The van der Waals surface area contributed by atoms with E-state index in [2.05, 4.69) is 20.8 Å². The van der Waals surface area contributed by atoms with Crippen LogP contribution in [0.1, 0.15) is 38.4 Å². The maximum Gasteiger partial charge on any atom is 0.237 e. The van der Waals surface area contributed by atoms with Crippen LogP contribution in [0.4, 0.5) is 11.4 Å². The van der Waals surface area contributed by atoms with E-state index in [-0.39, 0.29) is 11.8 Å². The number of aromatic nitrogens is 3. The van der Waals surface area contributed by atoms with Crippen molar-refractivity contribution in [3.8, 4) is 11.4 Å². The fraction of sp³-hybridized carbons (Fsp3) is 0.304. The maximum absolute atomic E-state index is 12.8. The van der Waals surface area contributed by atoms with Gasteiger partial charge in [0.1, 0.15) is 11.6 Å². The minimum atomic E-state index is -0.398. The van der Waals surface area contributed by atoms with E-state index >= 15 is 0 Å². The van der Waals surface area contributed by atoms with Crippen LogP contribution in [-0.2, 0) is 9.59 Å². The van der Waals surface area contributed by atoms with Gasteiger partial charge in [0.2, 0.25) is 11.8 Å². The second-order valence-corrected chi connectivity index (χ2v) is 8.97. The first-order chi connectivity index (χ1) is 15.4. The molecule has 2 aromatic carbocycles. The molecular formula is C23H25N5O3S. The lowest BCUT2D eigenvalue weighted by atomic mass is 10.2. The minimum absolute atomic E-state index is 0.130. The summed E-state index contributed by atoms with van der Waals surface area (Å²) in [6.45, 7) is 3.32. The lowest BCUT2D eigenvalue weighted by Gasteiger charge is -2.15. The molecule has 3 aromatic rings. The number of amides is 2. The van der Waals surface area contributed by atoms with Gasteiger partial charge in [-0.25, -0.2) is 0 Å². The van der Waals surface area contributed by atoms with Crippen LogP contribution < -0.4 is 15.4 Å². The van der Waals surface area contributed by atoms with Crippen molar-refractivity contribution in [1.82, 2.24) is 14.8 Å². The third kappa shape index (κ3) is 5.11. The van der Waals surface area contributed by atoms with Crippen LogP contribution in [0.25, 0.3) is 5.69 Å². The van der Waals surface area contributed by atoms with Gasteiger partial charge in [-0.2, -0.15) is 0 Å². The highest BCUT2D eigenvalue weighted by atomic mass is 32.2. The second kappa shape index (κ2) is 9.44. The Labute approximate surface area is 190 Å². The molecule has 1 aromatic heterocycles. The molecule has 1 aliphatic rings. The zero-order chi connectivity index (χ0) is 22.7. The molecule has 1 atom stereocenters. The number of benzene rings is 2. The van der Waals surface area contributed by atoms with E-state index in [1.807, 2.05) is 35.8 Å². The molecule has 2 N–H and O–H groups in total. The van der Waals surface area contributed by atoms with E-state index in [4.69, 9.17) is 4.74 Å². The number of hydrogen-bond donors (Lipinski definition) is 2. The Morgan fingerprint density at radius 3 is 2.50 bits per heavy atom. The predicted molar refractivity (Wildman–Crippen MR) is 125 cm³/mol. The van der Waals surface area contributed by atoms with Crippen molar-refractivity contribution in [2.24, 2.45) is 0 Å². The molecule has 2 amide bonds. The molecule has 1 heterocycles. The Bertz CT molecular complexity index is 1120. The van der Waals surface area contributed by atoms with Gasteiger partial charge in [-0.3, -0.25) is 14.2 Å². The summed E-state index contributed by atoms with van der Waals surface area (Å²) in [4.78, 5) is 24.3. The number of nitrogens with one attached hydrogen (secondary N) is 2. The molecule has 0 saturated heterocycles. The van der Waals surface area contributed by atoms with Crippen molar-refractivity contribution in [1.29, 1.82) is 0 Å². The summed E-state index contributed by atoms with van der Waals surface area (Å²) >= 11 is 1.35. The third-order valence-electron chi connectivity index (χ3n) is 5.03. The molecule has 4 rings (SSSR count). The smallest absolute Gasteiger partial charge is 0.237 e. The van der Waals surface area contributed by atoms with E-state index in [0.717, 1.165) is 30.1 Å². The quantitative estimate of drug-likeness (QED) is 0.498. The van der Waals surface area contributed by atoms with E-state index in [0.29, 0.717) is 22.4 Å². The van der Waals surface area contributed by atoms with Crippen molar-refractivity contribution in [3.05, 3.63) is 54.4 Å². The molecule has 0 bridgehead atoms. The molecule has 0 spiro atoms. The summed E-state index contributed by atoms with van der Waals surface area (Å²) in [5.41, 5.74) is 2.26.